The molecule has 7 heteroatoms. The predicted molar refractivity (Wildman–Crippen MR) is 69.9 cm³/mol. The molecule has 4 N–H and O–H groups in total. The number of urea groups is 1. The molecule has 3 atom stereocenters. The first kappa shape index (κ1) is 15.7. The molecule has 1 rings (SSSR count). The molecule has 0 spiro atoms. The number of nitrogens with one attached hydrogen (secondary N) is 2. The number of carbonyl (C=O) groups excluding carboxylic acids is 1. The van der Waals surface area contributed by atoms with Gasteiger partial charge in [0.1, 0.15) is 0 Å². The molecule has 0 saturated carbocycles. The van der Waals surface area contributed by atoms with Gasteiger partial charge in [-0.3, -0.25) is 0 Å². The number of rotatable bonds is 5. The van der Waals surface area contributed by atoms with Crippen molar-refractivity contribution in [2.24, 2.45) is 5.92 Å². The zero-order valence-corrected chi connectivity index (χ0v) is 11.4. The molecule has 0 aromatic heterocycles. The zero-order valence-electron chi connectivity index (χ0n) is 11.4. The normalized spacial score (nSPS) is 22.7. The lowest BCUT2D eigenvalue weighted by Crippen LogP contribution is -2.54. The summed E-state index contributed by atoms with van der Waals surface area (Å²) in [5, 5.41) is 23.7. The number of likely N-dealkylation sites (tertiary alicyclic amines) is 1. The van der Waals surface area contributed by atoms with E-state index in [1.165, 1.54) is 6.92 Å². The van der Waals surface area contributed by atoms with Crippen molar-refractivity contribution in [3.8, 4) is 0 Å². The highest BCUT2D eigenvalue weighted by Gasteiger charge is 2.29. The number of piperidine rings is 1. The summed E-state index contributed by atoms with van der Waals surface area (Å²) in [6.45, 7) is 3.42. The molecule has 19 heavy (non-hydrogen) atoms. The number of aliphatic hydroxyl groups excluding tert-OH is 1. The topological polar surface area (TPSA) is 102 Å². The van der Waals surface area contributed by atoms with Gasteiger partial charge < -0.3 is 25.7 Å². The van der Waals surface area contributed by atoms with Crippen molar-refractivity contribution in [3.05, 3.63) is 0 Å². The Labute approximate surface area is 113 Å². The SMILES string of the molecule is CNCC1CCCN(C(=O)N[C@H](C(=O)O)[C@@H](C)O)C1. The number of nitrogens with zero attached hydrogens (tertiary/aromatic N) is 1. The largest absolute Gasteiger partial charge is 0.480 e. The molecular weight excluding hydrogens is 250 g/mol. The van der Waals surface area contributed by atoms with Crippen LogP contribution in [0.15, 0.2) is 0 Å². The Hall–Kier alpha value is -1.34. The molecule has 1 heterocycles. The van der Waals surface area contributed by atoms with Gasteiger partial charge >= 0.3 is 12.0 Å². The number of aliphatic hydroxyl groups is 1. The van der Waals surface area contributed by atoms with Crippen molar-refractivity contribution in [2.75, 3.05) is 26.7 Å². The van der Waals surface area contributed by atoms with Crippen molar-refractivity contribution < 1.29 is 19.8 Å². The third-order valence-electron chi connectivity index (χ3n) is 3.33. The maximum atomic E-state index is 12.0. The Morgan fingerprint density at radius 3 is 2.68 bits per heavy atom. The second kappa shape index (κ2) is 7.30. The monoisotopic (exact) mass is 273 g/mol. The van der Waals surface area contributed by atoms with Gasteiger partial charge in [0.25, 0.3) is 0 Å². The fourth-order valence-corrected chi connectivity index (χ4v) is 2.32. The van der Waals surface area contributed by atoms with Crippen LogP contribution in [0.1, 0.15) is 19.8 Å². The minimum atomic E-state index is -1.27. The molecule has 0 aromatic rings. The Kier molecular flexibility index (Phi) is 6.04. The number of hydrogen-bond donors (Lipinski definition) is 4. The lowest BCUT2D eigenvalue weighted by molar-refractivity contribution is -0.141. The molecule has 7 nitrogen and oxygen atoms in total. The smallest absolute Gasteiger partial charge is 0.328 e. The first-order valence-corrected chi connectivity index (χ1v) is 6.56. The summed E-state index contributed by atoms with van der Waals surface area (Å²) >= 11 is 0. The van der Waals surface area contributed by atoms with Crippen LogP contribution in [0.4, 0.5) is 4.79 Å². The highest BCUT2D eigenvalue weighted by molar-refractivity contribution is 5.83. The second-order valence-electron chi connectivity index (χ2n) is 5.02. The van der Waals surface area contributed by atoms with Crippen LogP contribution >= 0.6 is 0 Å². The Bertz CT molecular complexity index is 320. The predicted octanol–water partition coefficient (Wildman–Crippen LogP) is -0.539. The van der Waals surface area contributed by atoms with E-state index in [1.54, 1.807) is 4.90 Å². The molecular formula is C12H23N3O4. The quantitative estimate of drug-likeness (QED) is 0.539. The third kappa shape index (κ3) is 4.68. The standard InChI is InChI=1S/C12H23N3O4/c1-8(16)10(11(17)18)14-12(19)15-5-3-4-9(7-15)6-13-2/h8-10,13,16H,3-7H2,1-2H3,(H,14,19)(H,17,18)/t8-,9?,10+/m1/s1. The first-order chi connectivity index (χ1) is 8.95. The van der Waals surface area contributed by atoms with Gasteiger partial charge in [-0.1, -0.05) is 0 Å². The van der Waals surface area contributed by atoms with Crippen molar-refractivity contribution in [1.82, 2.24) is 15.5 Å². The molecule has 0 radical (unpaired) electrons. The Balaban J connectivity index is 2.54. The summed E-state index contributed by atoms with van der Waals surface area (Å²) in [5.74, 6) is -0.841. The summed E-state index contributed by atoms with van der Waals surface area (Å²) in [6, 6.07) is -1.69. The fourth-order valence-electron chi connectivity index (χ4n) is 2.32. The van der Waals surface area contributed by atoms with Crippen molar-refractivity contribution >= 4 is 12.0 Å². The maximum Gasteiger partial charge on any atom is 0.328 e. The van der Waals surface area contributed by atoms with E-state index in [4.69, 9.17) is 5.11 Å². The van der Waals surface area contributed by atoms with Gasteiger partial charge in [-0.2, -0.15) is 0 Å². The summed E-state index contributed by atoms with van der Waals surface area (Å²) in [7, 11) is 1.87. The summed E-state index contributed by atoms with van der Waals surface area (Å²) < 4.78 is 0. The van der Waals surface area contributed by atoms with Crippen LogP contribution in [0.3, 0.4) is 0 Å². The van der Waals surface area contributed by atoms with Gasteiger partial charge in [0.15, 0.2) is 6.04 Å². The van der Waals surface area contributed by atoms with Crippen LogP contribution in [0, 0.1) is 5.92 Å². The second-order valence-corrected chi connectivity index (χ2v) is 5.02. The Morgan fingerprint density at radius 1 is 1.47 bits per heavy atom. The molecule has 1 fully saturated rings. The van der Waals surface area contributed by atoms with Gasteiger partial charge in [0.05, 0.1) is 6.10 Å². The van der Waals surface area contributed by atoms with Gasteiger partial charge in [0, 0.05) is 13.1 Å². The van der Waals surface area contributed by atoms with Crippen LogP contribution in [-0.4, -0.2) is 65.9 Å². The minimum Gasteiger partial charge on any atom is -0.480 e. The van der Waals surface area contributed by atoms with E-state index in [9.17, 15) is 14.7 Å². The van der Waals surface area contributed by atoms with E-state index in [0.717, 1.165) is 19.4 Å². The average Bonchev–Trinajstić information content (AvgIpc) is 2.35. The van der Waals surface area contributed by atoms with E-state index >= 15 is 0 Å². The molecule has 0 aromatic carbocycles. The van der Waals surface area contributed by atoms with Crippen LogP contribution in [-0.2, 0) is 4.79 Å². The van der Waals surface area contributed by atoms with Gasteiger partial charge in [0.2, 0.25) is 0 Å². The van der Waals surface area contributed by atoms with Crippen LogP contribution in [0.25, 0.3) is 0 Å². The summed E-state index contributed by atoms with van der Waals surface area (Å²) in [4.78, 5) is 24.5. The molecule has 110 valence electrons. The van der Waals surface area contributed by atoms with E-state index in [-0.39, 0.29) is 0 Å². The highest BCUT2D eigenvalue weighted by atomic mass is 16.4. The van der Waals surface area contributed by atoms with Gasteiger partial charge in [-0.05, 0) is 39.3 Å². The van der Waals surface area contributed by atoms with Gasteiger partial charge in [-0.15, -0.1) is 0 Å². The highest BCUT2D eigenvalue weighted by Crippen LogP contribution is 2.15. The number of aliphatic carboxylic acids is 1. The molecule has 1 aliphatic rings. The minimum absolute atomic E-state index is 0.388. The van der Waals surface area contributed by atoms with Crippen molar-refractivity contribution in [3.63, 3.8) is 0 Å². The average molecular weight is 273 g/mol. The van der Waals surface area contributed by atoms with Crippen molar-refractivity contribution in [2.45, 2.75) is 31.9 Å². The molecule has 2 amide bonds. The van der Waals surface area contributed by atoms with Crippen LogP contribution in [0.5, 0.6) is 0 Å². The van der Waals surface area contributed by atoms with E-state index < -0.39 is 24.1 Å². The van der Waals surface area contributed by atoms with Crippen LogP contribution in [0.2, 0.25) is 0 Å². The molecule has 1 saturated heterocycles. The lowest BCUT2D eigenvalue weighted by Gasteiger charge is -2.33. The number of carboxylic acid groups (broad SMARTS) is 1. The Morgan fingerprint density at radius 2 is 2.16 bits per heavy atom. The molecule has 0 aliphatic carbocycles. The third-order valence-corrected chi connectivity index (χ3v) is 3.33. The number of carbonyl (C=O) groups is 2. The van der Waals surface area contributed by atoms with E-state index in [2.05, 4.69) is 10.6 Å². The maximum absolute atomic E-state index is 12.0. The number of hydrogen-bond acceptors (Lipinski definition) is 4. The van der Waals surface area contributed by atoms with Gasteiger partial charge in [-0.25, -0.2) is 9.59 Å². The van der Waals surface area contributed by atoms with Crippen LogP contribution < -0.4 is 10.6 Å². The molecule has 0 bridgehead atoms. The fraction of sp³-hybridized carbons (Fsp3) is 0.833. The number of amides is 2. The zero-order chi connectivity index (χ0) is 14.4. The molecule has 1 aliphatic heterocycles. The number of carboxylic acids is 1. The molecule has 1 unspecified atom stereocenters. The first-order valence-electron chi connectivity index (χ1n) is 6.56. The summed E-state index contributed by atoms with van der Waals surface area (Å²) in [5.41, 5.74) is 0. The lowest BCUT2D eigenvalue weighted by atomic mass is 9.98. The van der Waals surface area contributed by atoms with E-state index in [1.807, 2.05) is 7.05 Å². The van der Waals surface area contributed by atoms with E-state index in [0.29, 0.717) is 19.0 Å². The van der Waals surface area contributed by atoms with Crippen molar-refractivity contribution in [1.29, 1.82) is 0 Å². The summed E-state index contributed by atoms with van der Waals surface area (Å²) in [6.07, 6.45) is 0.842.